The van der Waals surface area contributed by atoms with Gasteiger partial charge in [-0.25, -0.2) is 5.48 Å². The van der Waals surface area contributed by atoms with Crippen LogP contribution in [0.15, 0.2) is 0 Å². The van der Waals surface area contributed by atoms with Crippen molar-refractivity contribution in [3.05, 3.63) is 0 Å². The maximum atomic E-state index is 11.1. The summed E-state index contributed by atoms with van der Waals surface area (Å²) < 4.78 is 5.22. The van der Waals surface area contributed by atoms with E-state index in [1.807, 2.05) is 6.92 Å². The number of nitrogens with one attached hydrogen (secondary N) is 1. The lowest BCUT2D eigenvalue weighted by atomic mass is 10.0. The number of carbonyl (C=O) groups excluding carboxylic acids is 1. The molecule has 0 aromatic rings. The van der Waals surface area contributed by atoms with Crippen molar-refractivity contribution in [2.45, 2.75) is 19.4 Å². The molecular weight excluding hydrogens is 146 g/mol. The van der Waals surface area contributed by atoms with E-state index in [1.165, 1.54) is 7.11 Å². The van der Waals surface area contributed by atoms with Gasteiger partial charge in [-0.2, -0.15) is 0 Å². The smallest absolute Gasteiger partial charge is 0.249 e. The predicted octanol–water partition coefficient (Wildman–Crippen LogP) is 0.0890. The minimum Gasteiger partial charge on any atom is -0.378 e. The fourth-order valence-electron chi connectivity index (χ4n) is 1.25. The molecule has 0 aromatic heterocycles. The Bertz CT molecular complexity index is 149. The second-order valence-corrected chi connectivity index (χ2v) is 2.64. The number of hydroxylamine groups is 1. The molecule has 1 saturated heterocycles. The highest BCUT2D eigenvalue weighted by Gasteiger charge is 2.30. The van der Waals surface area contributed by atoms with Gasteiger partial charge in [-0.1, -0.05) is 0 Å². The normalized spacial score (nSPS) is 30.4. The van der Waals surface area contributed by atoms with Gasteiger partial charge in [0, 0.05) is 6.61 Å². The zero-order chi connectivity index (χ0) is 8.27. The van der Waals surface area contributed by atoms with E-state index in [9.17, 15) is 4.79 Å². The number of amides is 1. The summed E-state index contributed by atoms with van der Waals surface area (Å²) in [7, 11) is 1.43. The van der Waals surface area contributed by atoms with E-state index in [2.05, 4.69) is 10.3 Å². The molecule has 1 amide bonds. The fourth-order valence-corrected chi connectivity index (χ4v) is 1.25. The van der Waals surface area contributed by atoms with E-state index < -0.39 is 0 Å². The number of rotatable bonds is 2. The second-order valence-electron chi connectivity index (χ2n) is 2.64. The first-order chi connectivity index (χ1) is 5.25. The molecule has 0 spiro atoms. The van der Waals surface area contributed by atoms with Gasteiger partial charge < -0.3 is 4.74 Å². The Balaban J connectivity index is 2.39. The highest BCUT2D eigenvalue weighted by Crippen LogP contribution is 2.19. The summed E-state index contributed by atoms with van der Waals surface area (Å²) in [6.07, 6.45) is 0.807. The van der Waals surface area contributed by atoms with Crippen LogP contribution in [0.2, 0.25) is 0 Å². The monoisotopic (exact) mass is 159 g/mol. The third kappa shape index (κ3) is 1.91. The summed E-state index contributed by atoms with van der Waals surface area (Å²) in [5.74, 6) is -0.132. The SMILES string of the molecule is CONC(=O)C1CCOC1C. The Morgan fingerprint density at radius 3 is 2.91 bits per heavy atom. The topological polar surface area (TPSA) is 47.6 Å². The third-order valence-corrected chi connectivity index (χ3v) is 1.92. The van der Waals surface area contributed by atoms with Crippen LogP contribution in [0.3, 0.4) is 0 Å². The molecule has 4 heteroatoms. The van der Waals surface area contributed by atoms with Gasteiger partial charge >= 0.3 is 0 Å². The van der Waals surface area contributed by atoms with Gasteiger partial charge in [0.2, 0.25) is 5.91 Å². The number of hydrogen-bond acceptors (Lipinski definition) is 3. The molecule has 0 bridgehead atoms. The molecule has 0 aromatic carbocycles. The molecule has 1 aliphatic heterocycles. The molecular formula is C7H13NO3. The first-order valence-electron chi connectivity index (χ1n) is 3.70. The van der Waals surface area contributed by atoms with Crippen LogP contribution in [0.5, 0.6) is 0 Å². The fraction of sp³-hybridized carbons (Fsp3) is 0.857. The first kappa shape index (κ1) is 8.49. The predicted molar refractivity (Wildman–Crippen MR) is 38.7 cm³/mol. The zero-order valence-corrected chi connectivity index (χ0v) is 6.79. The van der Waals surface area contributed by atoms with Crippen molar-refractivity contribution in [1.82, 2.24) is 5.48 Å². The lowest BCUT2D eigenvalue weighted by Gasteiger charge is -2.11. The third-order valence-electron chi connectivity index (χ3n) is 1.92. The largest absolute Gasteiger partial charge is 0.378 e. The van der Waals surface area contributed by atoms with Crippen LogP contribution in [-0.2, 0) is 14.4 Å². The van der Waals surface area contributed by atoms with Crippen molar-refractivity contribution in [2.75, 3.05) is 13.7 Å². The van der Waals surface area contributed by atoms with Gasteiger partial charge in [0.1, 0.15) is 0 Å². The van der Waals surface area contributed by atoms with Gasteiger partial charge in [0.05, 0.1) is 19.1 Å². The maximum absolute atomic E-state index is 11.1. The summed E-state index contributed by atoms with van der Waals surface area (Å²) in [4.78, 5) is 15.6. The minimum atomic E-state index is -0.0856. The van der Waals surface area contributed by atoms with Crippen LogP contribution >= 0.6 is 0 Å². The Morgan fingerprint density at radius 2 is 2.45 bits per heavy atom. The van der Waals surface area contributed by atoms with Crippen LogP contribution < -0.4 is 5.48 Å². The van der Waals surface area contributed by atoms with Crippen molar-refractivity contribution in [1.29, 1.82) is 0 Å². The summed E-state index contributed by atoms with van der Waals surface area (Å²) in [6.45, 7) is 2.57. The zero-order valence-electron chi connectivity index (χ0n) is 6.79. The van der Waals surface area contributed by atoms with Crippen molar-refractivity contribution in [3.8, 4) is 0 Å². The molecule has 0 saturated carbocycles. The lowest BCUT2D eigenvalue weighted by molar-refractivity contribution is -0.136. The molecule has 1 fully saturated rings. The second kappa shape index (κ2) is 3.69. The van der Waals surface area contributed by atoms with Crippen molar-refractivity contribution in [3.63, 3.8) is 0 Å². The van der Waals surface area contributed by atoms with Gasteiger partial charge in [0.25, 0.3) is 0 Å². The maximum Gasteiger partial charge on any atom is 0.249 e. The molecule has 64 valence electrons. The van der Waals surface area contributed by atoms with Gasteiger partial charge in [-0.05, 0) is 13.3 Å². The Kier molecular flexibility index (Phi) is 2.84. The van der Waals surface area contributed by atoms with Gasteiger partial charge in [-0.3, -0.25) is 9.63 Å². The van der Waals surface area contributed by atoms with Crippen LogP contribution in [0.4, 0.5) is 0 Å². The molecule has 11 heavy (non-hydrogen) atoms. The first-order valence-corrected chi connectivity index (χ1v) is 3.70. The van der Waals surface area contributed by atoms with E-state index >= 15 is 0 Å². The van der Waals surface area contributed by atoms with Crippen molar-refractivity contribution in [2.24, 2.45) is 5.92 Å². The molecule has 2 atom stereocenters. The summed E-state index contributed by atoms with van der Waals surface area (Å²) in [6, 6.07) is 0. The average Bonchev–Trinajstić information content (AvgIpc) is 2.36. The quantitative estimate of drug-likeness (QED) is 0.581. The Hall–Kier alpha value is -0.610. The number of hydrogen-bond donors (Lipinski definition) is 1. The highest BCUT2D eigenvalue weighted by atomic mass is 16.6. The molecule has 2 unspecified atom stereocenters. The van der Waals surface area contributed by atoms with Crippen LogP contribution in [0, 0.1) is 5.92 Å². The lowest BCUT2D eigenvalue weighted by Crippen LogP contribution is -2.33. The van der Waals surface area contributed by atoms with Crippen molar-refractivity contribution < 1.29 is 14.4 Å². The summed E-state index contributed by atoms with van der Waals surface area (Å²) >= 11 is 0. The van der Waals surface area contributed by atoms with E-state index in [0.717, 1.165) is 6.42 Å². The highest BCUT2D eigenvalue weighted by molar-refractivity contribution is 5.78. The number of carbonyl (C=O) groups is 1. The molecule has 0 radical (unpaired) electrons. The van der Waals surface area contributed by atoms with Crippen LogP contribution in [0.1, 0.15) is 13.3 Å². The molecule has 0 aliphatic carbocycles. The van der Waals surface area contributed by atoms with Crippen LogP contribution in [0.25, 0.3) is 0 Å². The van der Waals surface area contributed by atoms with E-state index in [-0.39, 0.29) is 17.9 Å². The summed E-state index contributed by atoms with van der Waals surface area (Å²) in [5.41, 5.74) is 2.30. The molecule has 1 N–H and O–H groups in total. The molecule has 1 heterocycles. The summed E-state index contributed by atoms with van der Waals surface area (Å²) in [5, 5.41) is 0. The molecule has 1 rings (SSSR count). The van der Waals surface area contributed by atoms with Gasteiger partial charge in [0.15, 0.2) is 0 Å². The Morgan fingerprint density at radius 1 is 1.73 bits per heavy atom. The van der Waals surface area contributed by atoms with Crippen molar-refractivity contribution >= 4 is 5.91 Å². The standard InChI is InChI=1S/C7H13NO3/c1-5-6(3-4-11-5)7(9)8-10-2/h5-6H,3-4H2,1-2H3,(H,8,9). The van der Waals surface area contributed by atoms with Gasteiger partial charge in [-0.15, -0.1) is 0 Å². The molecule has 4 nitrogen and oxygen atoms in total. The minimum absolute atomic E-state index is 0.0187. The van der Waals surface area contributed by atoms with E-state index in [4.69, 9.17) is 4.74 Å². The average molecular weight is 159 g/mol. The Labute approximate surface area is 65.8 Å². The van der Waals surface area contributed by atoms with E-state index in [1.54, 1.807) is 0 Å². The van der Waals surface area contributed by atoms with Crippen LogP contribution in [-0.4, -0.2) is 25.7 Å². The van der Waals surface area contributed by atoms with E-state index in [0.29, 0.717) is 6.61 Å². The number of ether oxygens (including phenoxy) is 1. The molecule has 1 aliphatic rings.